The summed E-state index contributed by atoms with van der Waals surface area (Å²) in [5, 5.41) is 0.560. The van der Waals surface area contributed by atoms with Gasteiger partial charge in [-0.05, 0) is 60.1 Å². The fraction of sp³-hybridized carbons (Fsp3) is 0.312. The molecule has 1 amide bonds. The number of nitrogens with zero attached hydrogens (tertiary/aromatic N) is 2. The predicted molar refractivity (Wildman–Crippen MR) is 87.8 cm³/mol. The van der Waals surface area contributed by atoms with Crippen LogP contribution in [0.4, 0.5) is 0 Å². The van der Waals surface area contributed by atoms with Gasteiger partial charge in [-0.1, -0.05) is 11.6 Å². The Balaban J connectivity index is 1.91. The van der Waals surface area contributed by atoms with E-state index < -0.39 is 0 Å². The minimum absolute atomic E-state index is 0.0296. The number of rotatable bonds is 1. The van der Waals surface area contributed by atoms with E-state index in [1.54, 1.807) is 6.07 Å². The predicted octanol–water partition coefficient (Wildman–Crippen LogP) is 4.43. The number of hydrogen-bond donors (Lipinski definition) is 0. The highest BCUT2D eigenvalue weighted by Gasteiger charge is 2.29. The zero-order chi connectivity index (χ0) is 15.1. The monoisotopic (exact) mass is 366 g/mol. The van der Waals surface area contributed by atoms with Gasteiger partial charge in [-0.15, -0.1) is 0 Å². The Bertz CT molecular complexity index is 710. The molecule has 1 aromatic carbocycles. The van der Waals surface area contributed by atoms with Crippen molar-refractivity contribution in [1.29, 1.82) is 0 Å². The highest BCUT2D eigenvalue weighted by Crippen LogP contribution is 2.30. The Morgan fingerprint density at radius 2 is 2.05 bits per heavy atom. The van der Waals surface area contributed by atoms with Crippen molar-refractivity contribution in [1.82, 2.24) is 9.47 Å². The molecule has 1 unspecified atom stereocenters. The van der Waals surface area contributed by atoms with Crippen LogP contribution in [0.15, 0.2) is 34.8 Å². The number of amides is 1. The van der Waals surface area contributed by atoms with Crippen LogP contribution >= 0.6 is 27.5 Å². The molecule has 0 radical (unpaired) electrons. The van der Waals surface area contributed by atoms with E-state index in [4.69, 9.17) is 11.6 Å². The number of aromatic nitrogens is 1. The summed E-state index contributed by atoms with van der Waals surface area (Å²) in [6.45, 7) is 5.73. The molecule has 0 saturated carbocycles. The van der Waals surface area contributed by atoms with Gasteiger partial charge in [0.05, 0.1) is 11.1 Å². The van der Waals surface area contributed by atoms with Crippen molar-refractivity contribution < 1.29 is 4.79 Å². The Morgan fingerprint density at radius 3 is 2.76 bits per heavy atom. The number of hydrogen-bond acceptors (Lipinski definition) is 1. The van der Waals surface area contributed by atoms with Crippen molar-refractivity contribution in [2.24, 2.45) is 0 Å². The third kappa shape index (κ3) is 2.51. The third-order valence-corrected chi connectivity index (χ3v) is 5.35. The van der Waals surface area contributed by atoms with Gasteiger partial charge in [0, 0.05) is 34.5 Å². The molecule has 1 aliphatic heterocycles. The SMILES string of the molecule is Cc1ccc2n1CCN(C(=O)c1ccc(Br)c(Cl)c1)C2C. The fourth-order valence-corrected chi connectivity index (χ4v) is 3.32. The summed E-state index contributed by atoms with van der Waals surface area (Å²) in [6.07, 6.45) is 0. The molecule has 1 aromatic heterocycles. The first kappa shape index (κ1) is 14.7. The van der Waals surface area contributed by atoms with Crippen LogP contribution in [0.25, 0.3) is 0 Å². The van der Waals surface area contributed by atoms with Gasteiger partial charge in [0.15, 0.2) is 0 Å². The first-order valence-electron chi connectivity index (χ1n) is 6.91. The van der Waals surface area contributed by atoms with Crippen LogP contribution in [0.2, 0.25) is 5.02 Å². The van der Waals surface area contributed by atoms with Gasteiger partial charge >= 0.3 is 0 Å². The molecule has 0 aliphatic carbocycles. The van der Waals surface area contributed by atoms with Crippen LogP contribution in [-0.2, 0) is 6.54 Å². The lowest BCUT2D eigenvalue weighted by atomic mass is 10.1. The summed E-state index contributed by atoms with van der Waals surface area (Å²) in [7, 11) is 0. The van der Waals surface area contributed by atoms with Crippen LogP contribution < -0.4 is 0 Å². The molecule has 0 saturated heterocycles. The van der Waals surface area contributed by atoms with Crippen LogP contribution in [0.5, 0.6) is 0 Å². The topological polar surface area (TPSA) is 25.2 Å². The van der Waals surface area contributed by atoms with Crippen molar-refractivity contribution in [3.8, 4) is 0 Å². The van der Waals surface area contributed by atoms with Crippen molar-refractivity contribution in [2.75, 3.05) is 6.54 Å². The largest absolute Gasteiger partial charge is 0.345 e. The number of fused-ring (bicyclic) bond motifs is 1. The number of benzene rings is 1. The summed E-state index contributed by atoms with van der Waals surface area (Å²) < 4.78 is 3.08. The Morgan fingerprint density at radius 1 is 1.29 bits per heavy atom. The highest BCUT2D eigenvalue weighted by molar-refractivity contribution is 9.10. The van der Waals surface area contributed by atoms with Crippen LogP contribution in [0.3, 0.4) is 0 Å². The molecule has 0 N–H and O–H groups in total. The van der Waals surface area contributed by atoms with E-state index in [9.17, 15) is 4.79 Å². The zero-order valence-corrected chi connectivity index (χ0v) is 14.3. The van der Waals surface area contributed by atoms with Gasteiger partial charge in [0.1, 0.15) is 0 Å². The van der Waals surface area contributed by atoms with Crippen LogP contribution in [-0.4, -0.2) is 21.9 Å². The van der Waals surface area contributed by atoms with E-state index in [1.807, 2.05) is 17.0 Å². The van der Waals surface area contributed by atoms with Gasteiger partial charge in [0.2, 0.25) is 0 Å². The fourth-order valence-electron chi connectivity index (χ4n) is 2.89. The third-order valence-electron chi connectivity index (χ3n) is 4.12. The summed E-state index contributed by atoms with van der Waals surface area (Å²) in [4.78, 5) is 14.6. The van der Waals surface area contributed by atoms with E-state index in [0.29, 0.717) is 10.6 Å². The van der Waals surface area contributed by atoms with Gasteiger partial charge in [-0.2, -0.15) is 0 Å². The summed E-state index contributed by atoms with van der Waals surface area (Å²) in [5.74, 6) is 0.0296. The Hall–Kier alpha value is -1.26. The molecule has 1 aliphatic rings. The molecular formula is C16H16BrClN2O. The number of carbonyl (C=O) groups is 1. The lowest BCUT2D eigenvalue weighted by Crippen LogP contribution is -2.41. The Labute approximate surface area is 137 Å². The quantitative estimate of drug-likeness (QED) is 0.732. The molecule has 3 rings (SSSR count). The average Bonchev–Trinajstić information content (AvgIpc) is 2.84. The van der Waals surface area contributed by atoms with Gasteiger partial charge in [0.25, 0.3) is 5.91 Å². The molecule has 5 heteroatoms. The van der Waals surface area contributed by atoms with Crippen molar-refractivity contribution >= 4 is 33.4 Å². The molecule has 2 heterocycles. The molecular weight excluding hydrogens is 352 g/mol. The summed E-state index contributed by atoms with van der Waals surface area (Å²) in [5.41, 5.74) is 3.07. The van der Waals surface area contributed by atoms with Gasteiger partial charge in [-0.3, -0.25) is 4.79 Å². The van der Waals surface area contributed by atoms with Gasteiger partial charge < -0.3 is 9.47 Å². The van der Waals surface area contributed by atoms with Crippen molar-refractivity contribution in [3.05, 3.63) is 56.8 Å². The maximum absolute atomic E-state index is 12.7. The molecule has 0 bridgehead atoms. The van der Waals surface area contributed by atoms with Crippen molar-refractivity contribution in [2.45, 2.75) is 26.4 Å². The number of carbonyl (C=O) groups excluding carboxylic acids is 1. The number of halogens is 2. The Kier molecular flexibility index (Phi) is 3.84. The lowest BCUT2D eigenvalue weighted by Gasteiger charge is -2.35. The molecule has 1 atom stereocenters. The standard InChI is InChI=1S/C16H16BrClN2O/c1-10-3-6-15-11(2)20(8-7-19(10)15)16(21)12-4-5-13(17)14(18)9-12/h3-6,9,11H,7-8H2,1-2H3. The first-order chi connectivity index (χ1) is 9.99. The second-order valence-corrected chi connectivity index (χ2v) is 6.62. The first-order valence-corrected chi connectivity index (χ1v) is 8.08. The second kappa shape index (κ2) is 5.50. The van der Waals surface area contributed by atoms with E-state index in [-0.39, 0.29) is 11.9 Å². The molecule has 0 fully saturated rings. The van der Waals surface area contributed by atoms with Crippen LogP contribution in [0, 0.1) is 6.92 Å². The summed E-state index contributed by atoms with van der Waals surface area (Å²) >= 11 is 9.45. The minimum Gasteiger partial charge on any atom is -0.345 e. The van der Waals surface area contributed by atoms with E-state index in [0.717, 1.165) is 17.6 Å². The van der Waals surface area contributed by atoms with Gasteiger partial charge in [-0.25, -0.2) is 0 Å². The number of aryl methyl sites for hydroxylation is 1. The molecule has 2 aromatic rings. The normalized spacial score (nSPS) is 17.7. The second-order valence-electron chi connectivity index (χ2n) is 5.35. The summed E-state index contributed by atoms with van der Waals surface area (Å²) in [6, 6.07) is 9.63. The maximum Gasteiger partial charge on any atom is 0.254 e. The lowest BCUT2D eigenvalue weighted by molar-refractivity contribution is 0.0643. The molecule has 3 nitrogen and oxygen atoms in total. The molecule has 110 valence electrons. The average molecular weight is 368 g/mol. The highest BCUT2D eigenvalue weighted by atomic mass is 79.9. The zero-order valence-electron chi connectivity index (χ0n) is 11.9. The van der Waals surface area contributed by atoms with Crippen molar-refractivity contribution in [3.63, 3.8) is 0 Å². The molecule has 0 spiro atoms. The maximum atomic E-state index is 12.7. The van der Waals surface area contributed by atoms with E-state index in [1.165, 1.54) is 11.4 Å². The van der Waals surface area contributed by atoms with Crippen LogP contribution in [0.1, 0.15) is 34.7 Å². The smallest absolute Gasteiger partial charge is 0.254 e. The molecule has 21 heavy (non-hydrogen) atoms. The van der Waals surface area contributed by atoms with E-state index >= 15 is 0 Å². The van der Waals surface area contributed by atoms with E-state index in [2.05, 4.69) is 46.5 Å². The minimum atomic E-state index is 0.0296.